The Morgan fingerprint density at radius 3 is 0.610 bits per heavy atom. The lowest BCUT2D eigenvalue weighted by Crippen LogP contribution is -3.00. The summed E-state index contributed by atoms with van der Waals surface area (Å²) in [6.07, 6.45) is 24.7. The molecule has 0 aromatic rings. The molecule has 1 rings (SSSR count). The molecule has 0 amide bonds. The van der Waals surface area contributed by atoms with Gasteiger partial charge >= 0.3 is 0 Å². The van der Waals surface area contributed by atoms with Gasteiger partial charge in [0.15, 0.2) is 0 Å². The number of hydrogen-bond donors (Lipinski definition) is 0. The van der Waals surface area contributed by atoms with Crippen LogP contribution in [0.25, 0.3) is 0 Å². The maximum atomic E-state index is 4.94. The minimum Gasteiger partial charge on any atom is -1.00 e. The van der Waals surface area contributed by atoms with Crippen LogP contribution in [0.2, 0.25) is 0 Å². The first kappa shape index (κ1) is 47.7. The average Bonchev–Trinajstić information content (AvgIpc) is 3.57. The van der Waals surface area contributed by atoms with Crippen LogP contribution in [0.5, 0.6) is 0 Å². The Kier molecular flexibility index (Phi) is 41.8. The Hall–Kier alpha value is -0.260. The molecule has 0 unspecified atom stereocenters. The van der Waals surface area contributed by atoms with E-state index in [0.717, 1.165) is 13.2 Å². The summed E-state index contributed by atoms with van der Waals surface area (Å²) < 4.78 is 7.78. The number of quaternary nitrogens is 2. The molecule has 0 bridgehead atoms. The number of halogens is 2. The maximum Gasteiger partial charge on any atom is 0.0786 e. The third-order valence-corrected chi connectivity index (χ3v) is 8.72. The van der Waals surface area contributed by atoms with E-state index in [1.807, 2.05) is 0 Å². The van der Waals surface area contributed by atoms with Gasteiger partial charge in [-0.3, -0.25) is 0 Å². The molecule has 0 aromatic heterocycles. The quantitative estimate of drug-likeness (QED) is 0.146. The lowest BCUT2D eigenvalue weighted by molar-refractivity contribution is -0.929. The summed E-state index contributed by atoms with van der Waals surface area (Å²) in [5.74, 6) is 0. The lowest BCUT2D eigenvalue weighted by atomic mass is 10.1. The van der Waals surface area contributed by atoms with Crippen LogP contribution in [0, 0.1) is 0 Å². The van der Waals surface area contributed by atoms with Crippen LogP contribution in [0.1, 0.15) is 171 Å². The molecule has 1 saturated heterocycles. The van der Waals surface area contributed by atoms with Gasteiger partial charge in [0, 0.05) is 13.2 Å². The van der Waals surface area contributed by atoms with Crippen LogP contribution >= 0.6 is 0 Å². The van der Waals surface area contributed by atoms with Crippen LogP contribution in [0.4, 0.5) is 0 Å². The van der Waals surface area contributed by atoms with Crippen molar-refractivity contribution in [3.8, 4) is 0 Å². The van der Waals surface area contributed by atoms with Gasteiger partial charge in [0.2, 0.25) is 0 Å². The topological polar surface area (TPSA) is 9.23 Å². The Morgan fingerprint density at radius 1 is 0.341 bits per heavy atom. The third-order valence-electron chi connectivity index (χ3n) is 8.72. The molecule has 41 heavy (non-hydrogen) atoms. The van der Waals surface area contributed by atoms with E-state index in [1.165, 1.54) is 177 Å². The fourth-order valence-corrected chi connectivity index (χ4v) is 5.80. The molecule has 0 aliphatic carbocycles. The minimum atomic E-state index is 0. The van der Waals surface area contributed by atoms with Crippen LogP contribution < -0.4 is 9.41 Å². The van der Waals surface area contributed by atoms with E-state index in [2.05, 4.69) is 55.4 Å². The molecule has 3 nitrogen and oxygen atoms in total. The first-order valence-corrected chi connectivity index (χ1v) is 18.3. The predicted molar refractivity (Wildman–Crippen MR) is 179 cm³/mol. The van der Waals surface area contributed by atoms with E-state index in [-0.39, 0.29) is 9.41 Å². The Morgan fingerprint density at radius 2 is 0.512 bits per heavy atom. The normalized spacial score (nSPS) is 12.9. The van der Waals surface area contributed by atoms with Crippen molar-refractivity contribution in [2.24, 2.45) is 0 Å². The highest BCUT2D eigenvalue weighted by molar-refractivity contribution is 4.50. The first-order valence-electron chi connectivity index (χ1n) is 18.3. The van der Waals surface area contributed by atoms with Gasteiger partial charge in [-0.05, 0) is 64.2 Å². The zero-order chi connectivity index (χ0) is 29.5. The smallest absolute Gasteiger partial charge is 0.0786 e. The lowest BCUT2D eigenvalue weighted by Gasteiger charge is -2.39. The SMILES string of the molecule is C1CCOC1.CCCC[N+](CCCC)(CCCC)CCCC.CCCC[N+](CCCC)(CCCC)CCCC.[F-].[F-]. The summed E-state index contributed by atoms with van der Waals surface area (Å²) >= 11 is 0. The predicted octanol–water partition coefficient (Wildman–Crippen LogP) is 4.81. The molecule has 0 N–H and O–H groups in total. The van der Waals surface area contributed by atoms with E-state index >= 15 is 0 Å². The second kappa shape index (κ2) is 35.9. The Bertz CT molecular complexity index is 342. The Balaban J connectivity index is -0.000000272. The van der Waals surface area contributed by atoms with Crippen molar-refractivity contribution in [2.75, 3.05) is 65.6 Å². The molecular weight excluding hydrogens is 514 g/mol. The van der Waals surface area contributed by atoms with Gasteiger partial charge in [0.25, 0.3) is 0 Å². The van der Waals surface area contributed by atoms with E-state index < -0.39 is 0 Å². The number of nitrogens with zero attached hydrogens (tertiary/aromatic N) is 2. The monoisotopic (exact) mass is 595 g/mol. The average molecular weight is 595 g/mol. The molecule has 0 atom stereocenters. The fraction of sp³-hybridized carbons (Fsp3) is 1.00. The van der Waals surface area contributed by atoms with Crippen molar-refractivity contribution in [3.63, 3.8) is 0 Å². The molecule has 1 aliphatic heterocycles. The summed E-state index contributed by atoms with van der Waals surface area (Å²) in [5.41, 5.74) is 0. The van der Waals surface area contributed by atoms with Gasteiger partial charge in [-0.1, -0.05) is 107 Å². The van der Waals surface area contributed by atoms with Crippen molar-refractivity contribution in [1.29, 1.82) is 0 Å². The zero-order valence-electron chi connectivity index (χ0n) is 29.9. The van der Waals surface area contributed by atoms with Gasteiger partial charge in [-0.15, -0.1) is 0 Å². The van der Waals surface area contributed by atoms with Crippen molar-refractivity contribution in [2.45, 2.75) is 171 Å². The van der Waals surface area contributed by atoms with Gasteiger partial charge in [0.1, 0.15) is 0 Å². The van der Waals surface area contributed by atoms with Crippen molar-refractivity contribution in [1.82, 2.24) is 0 Å². The summed E-state index contributed by atoms with van der Waals surface area (Å²) in [7, 11) is 0. The number of unbranched alkanes of at least 4 members (excludes halogenated alkanes) is 8. The Labute approximate surface area is 259 Å². The van der Waals surface area contributed by atoms with Crippen molar-refractivity contribution < 1.29 is 23.1 Å². The van der Waals surface area contributed by atoms with E-state index in [4.69, 9.17) is 4.74 Å². The van der Waals surface area contributed by atoms with Gasteiger partial charge in [-0.25, -0.2) is 0 Å². The number of hydrogen-bond acceptors (Lipinski definition) is 1. The van der Waals surface area contributed by atoms with Gasteiger partial charge < -0.3 is 23.1 Å². The number of ether oxygens (including phenoxy) is 1. The van der Waals surface area contributed by atoms with Crippen molar-refractivity contribution >= 4 is 0 Å². The minimum absolute atomic E-state index is 0. The molecular formula is C36H80F2N2O. The molecule has 0 aromatic carbocycles. The summed E-state index contributed by atoms with van der Waals surface area (Å²) in [5, 5.41) is 0. The third kappa shape index (κ3) is 28.3. The molecule has 0 saturated carbocycles. The van der Waals surface area contributed by atoms with E-state index in [0.29, 0.717) is 0 Å². The number of rotatable bonds is 24. The standard InChI is InChI=1S/2C16H36N.C4H8O.2FH/c2*1-5-9-13-17(14-10-6-2,15-11-7-3)16-12-8-4;1-2-4-5-3-1;;/h2*5-16H2,1-4H3;1-4H2;2*1H/q2*+1;;;/p-2. The van der Waals surface area contributed by atoms with Crippen LogP contribution in [0.3, 0.4) is 0 Å². The highest BCUT2D eigenvalue weighted by Crippen LogP contribution is 2.17. The molecule has 0 spiro atoms. The molecule has 1 heterocycles. The second-order valence-corrected chi connectivity index (χ2v) is 12.6. The summed E-state index contributed by atoms with van der Waals surface area (Å²) in [4.78, 5) is 0. The van der Waals surface area contributed by atoms with E-state index in [1.54, 1.807) is 0 Å². The maximum absolute atomic E-state index is 4.94. The summed E-state index contributed by atoms with van der Waals surface area (Å²) in [6, 6.07) is 0. The van der Waals surface area contributed by atoms with Crippen LogP contribution in [-0.2, 0) is 4.74 Å². The molecule has 0 radical (unpaired) electrons. The largest absolute Gasteiger partial charge is 1.00 e. The molecule has 5 heteroatoms. The van der Waals surface area contributed by atoms with E-state index in [9.17, 15) is 0 Å². The highest BCUT2D eigenvalue weighted by atomic mass is 19.0. The first-order chi connectivity index (χ1) is 19.0. The van der Waals surface area contributed by atoms with Crippen molar-refractivity contribution in [3.05, 3.63) is 0 Å². The fourth-order valence-electron chi connectivity index (χ4n) is 5.80. The zero-order valence-corrected chi connectivity index (χ0v) is 29.9. The van der Waals surface area contributed by atoms with Gasteiger partial charge in [0.05, 0.1) is 52.4 Å². The van der Waals surface area contributed by atoms with Gasteiger partial charge in [-0.2, -0.15) is 0 Å². The molecule has 1 fully saturated rings. The summed E-state index contributed by atoms with van der Waals surface area (Å²) in [6.45, 7) is 32.0. The van der Waals surface area contributed by atoms with Crippen LogP contribution in [-0.4, -0.2) is 74.5 Å². The molecule has 254 valence electrons. The highest BCUT2D eigenvalue weighted by Gasteiger charge is 2.25. The molecule has 1 aliphatic rings. The second-order valence-electron chi connectivity index (χ2n) is 12.6. The van der Waals surface area contributed by atoms with Crippen LogP contribution in [0.15, 0.2) is 0 Å².